The van der Waals surface area contributed by atoms with Crippen molar-refractivity contribution in [1.29, 1.82) is 0 Å². The normalized spacial score (nSPS) is 23.4. The van der Waals surface area contributed by atoms with Crippen molar-refractivity contribution in [3.63, 3.8) is 0 Å². The molecule has 1 aliphatic heterocycles. The molecule has 21 heavy (non-hydrogen) atoms. The molecule has 0 spiro atoms. The summed E-state index contributed by atoms with van der Waals surface area (Å²) in [6, 6.07) is 9.27. The molecule has 2 atom stereocenters. The molecule has 1 saturated heterocycles. The van der Waals surface area contributed by atoms with E-state index in [-0.39, 0.29) is 29.3 Å². The molecule has 4 nitrogen and oxygen atoms in total. The van der Waals surface area contributed by atoms with Crippen LogP contribution in [0.2, 0.25) is 0 Å². The Morgan fingerprint density at radius 1 is 1.19 bits per heavy atom. The van der Waals surface area contributed by atoms with E-state index in [2.05, 4.69) is 20.8 Å². The lowest BCUT2D eigenvalue weighted by Gasteiger charge is -2.50. The maximum Gasteiger partial charge on any atom is 0.255 e. The van der Waals surface area contributed by atoms with Gasteiger partial charge in [0, 0.05) is 24.6 Å². The van der Waals surface area contributed by atoms with E-state index < -0.39 is 0 Å². The summed E-state index contributed by atoms with van der Waals surface area (Å²) in [4.78, 5) is 28.7. The van der Waals surface area contributed by atoms with Gasteiger partial charge in [-0.05, 0) is 12.1 Å². The Hall–Kier alpha value is -1.84. The highest BCUT2D eigenvalue weighted by Gasteiger charge is 2.44. The molecule has 2 rings (SSSR count). The Kier molecular flexibility index (Phi) is 4.08. The maximum atomic E-state index is 12.8. The smallest absolute Gasteiger partial charge is 0.255 e. The third kappa shape index (κ3) is 2.94. The molecule has 1 heterocycles. The van der Waals surface area contributed by atoms with E-state index in [1.165, 1.54) is 0 Å². The minimum atomic E-state index is -0.228. The standard InChI is InChI=1S/C17H24N2O2/c1-12-11-19(15(21)13-9-7-6-8-10-13)16(17(2,3)4)18(5)14(12)20/h6-10,12,16H,11H2,1-5H3/t12-,16?/m1/s1. The van der Waals surface area contributed by atoms with E-state index in [9.17, 15) is 9.59 Å². The highest BCUT2D eigenvalue weighted by atomic mass is 16.2. The van der Waals surface area contributed by atoms with Crippen molar-refractivity contribution in [3.05, 3.63) is 35.9 Å². The SMILES string of the molecule is C[C@@H]1CN(C(=O)c2ccccc2)C(C(C)(C)C)N(C)C1=O. The van der Waals surface area contributed by atoms with Crippen molar-refractivity contribution in [2.24, 2.45) is 11.3 Å². The van der Waals surface area contributed by atoms with E-state index in [1.807, 2.05) is 42.2 Å². The molecule has 0 N–H and O–H groups in total. The van der Waals surface area contributed by atoms with E-state index in [4.69, 9.17) is 0 Å². The summed E-state index contributed by atoms with van der Waals surface area (Å²) in [7, 11) is 1.79. The number of rotatable bonds is 1. The summed E-state index contributed by atoms with van der Waals surface area (Å²) in [6.07, 6.45) is -0.228. The Morgan fingerprint density at radius 3 is 2.29 bits per heavy atom. The van der Waals surface area contributed by atoms with Crippen LogP contribution in [0.5, 0.6) is 0 Å². The van der Waals surface area contributed by atoms with Gasteiger partial charge in [0.25, 0.3) is 5.91 Å². The molecule has 4 heteroatoms. The van der Waals surface area contributed by atoms with Gasteiger partial charge in [-0.15, -0.1) is 0 Å². The molecule has 1 aromatic rings. The van der Waals surface area contributed by atoms with Crippen LogP contribution in [0.4, 0.5) is 0 Å². The number of benzene rings is 1. The van der Waals surface area contributed by atoms with Gasteiger partial charge in [0.05, 0.1) is 5.92 Å². The van der Waals surface area contributed by atoms with Gasteiger partial charge in [-0.25, -0.2) is 0 Å². The monoisotopic (exact) mass is 288 g/mol. The van der Waals surface area contributed by atoms with Gasteiger partial charge < -0.3 is 9.80 Å². The summed E-state index contributed by atoms with van der Waals surface area (Å²) < 4.78 is 0. The molecule has 0 bridgehead atoms. The molecule has 0 saturated carbocycles. The Morgan fingerprint density at radius 2 is 1.76 bits per heavy atom. The lowest BCUT2D eigenvalue weighted by atomic mass is 9.86. The Labute approximate surface area is 126 Å². The van der Waals surface area contributed by atoms with Crippen LogP contribution < -0.4 is 0 Å². The van der Waals surface area contributed by atoms with Crippen LogP contribution >= 0.6 is 0 Å². The first-order valence-corrected chi connectivity index (χ1v) is 7.36. The highest BCUT2D eigenvalue weighted by molar-refractivity contribution is 5.95. The summed E-state index contributed by atoms with van der Waals surface area (Å²) >= 11 is 0. The molecule has 0 radical (unpaired) electrons. The third-order valence-electron chi connectivity index (χ3n) is 3.96. The molecule has 1 unspecified atom stereocenters. The first kappa shape index (κ1) is 15.5. The van der Waals surface area contributed by atoms with Crippen LogP contribution in [-0.4, -0.2) is 41.4 Å². The Balaban J connectivity index is 2.39. The molecule has 2 amide bonds. The number of hydrogen-bond acceptors (Lipinski definition) is 2. The van der Waals surface area contributed by atoms with Gasteiger partial charge in [0.2, 0.25) is 5.91 Å². The number of nitrogens with zero attached hydrogens (tertiary/aromatic N) is 2. The molecule has 0 aromatic heterocycles. The van der Waals surface area contributed by atoms with Crippen LogP contribution in [0.15, 0.2) is 30.3 Å². The fourth-order valence-corrected chi connectivity index (χ4v) is 3.14. The van der Waals surface area contributed by atoms with E-state index in [1.54, 1.807) is 11.9 Å². The van der Waals surface area contributed by atoms with E-state index >= 15 is 0 Å². The van der Waals surface area contributed by atoms with Gasteiger partial charge in [-0.1, -0.05) is 45.9 Å². The molecule has 1 fully saturated rings. The van der Waals surface area contributed by atoms with Crippen molar-refractivity contribution in [2.45, 2.75) is 33.9 Å². The summed E-state index contributed by atoms with van der Waals surface area (Å²) in [5.74, 6) is -0.0741. The topological polar surface area (TPSA) is 40.6 Å². The number of hydrogen-bond donors (Lipinski definition) is 0. The van der Waals surface area contributed by atoms with Gasteiger partial charge >= 0.3 is 0 Å². The van der Waals surface area contributed by atoms with Crippen LogP contribution in [0.3, 0.4) is 0 Å². The lowest BCUT2D eigenvalue weighted by Crippen LogP contribution is -2.64. The number of carbonyl (C=O) groups is 2. The van der Waals surface area contributed by atoms with Gasteiger partial charge in [0.1, 0.15) is 6.17 Å². The average Bonchev–Trinajstić information content (AvgIpc) is 2.43. The van der Waals surface area contributed by atoms with Crippen molar-refractivity contribution in [3.8, 4) is 0 Å². The molecular weight excluding hydrogens is 264 g/mol. The zero-order valence-corrected chi connectivity index (χ0v) is 13.5. The minimum Gasteiger partial charge on any atom is -0.324 e. The van der Waals surface area contributed by atoms with Crippen molar-refractivity contribution >= 4 is 11.8 Å². The Bertz CT molecular complexity index is 533. The van der Waals surface area contributed by atoms with Crippen molar-refractivity contribution in [1.82, 2.24) is 9.80 Å². The number of amides is 2. The highest BCUT2D eigenvalue weighted by Crippen LogP contribution is 2.32. The number of carbonyl (C=O) groups excluding carboxylic acids is 2. The molecule has 0 aliphatic carbocycles. The van der Waals surface area contributed by atoms with Crippen molar-refractivity contribution < 1.29 is 9.59 Å². The predicted octanol–water partition coefficient (Wildman–Crippen LogP) is 2.61. The lowest BCUT2D eigenvalue weighted by molar-refractivity contribution is -0.151. The van der Waals surface area contributed by atoms with Crippen LogP contribution in [0, 0.1) is 11.3 Å². The molecule has 1 aromatic carbocycles. The molecule has 114 valence electrons. The van der Waals surface area contributed by atoms with Gasteiger partial charge in [-0.2, -0.15) is 0 Å². The predicted molar refractivity (Wildman–Crippen MR) is 82.7 cm³/mol. The van der Waals surface area contributed by atoms with Crippen LogP contribution in [-0.2, 0) is 4.79 Å². The summed E-state index contributed by atoms with van der Waals surface area (Å²) in [5.41, 5.74) is 0.469. The second-order valence-electron chi connectivity index (χ2n) is 6.91. The van der Waals surface area contributed by atoms with E-state index in [0.717, 1.165) is 0 Å². The van der Waals surface area contributed by atoms with E-state index in [0.29, 0.717) is 12.1 Å². The van der Waals surface area contributed by atoms with Crippen LogP contribution in [0.25, 0.3) is 0 Å². The van der Waals surface area contributed by atoms with Gasteiger partial charge in [-0.3, -0.25) is 9.59 Å². The second-order valence-corrected chi connectivity index (χ2v) is 6.91. The largest absolute Gasteiger partial charge is 0.324 e. The quantitative estimate of drug-likeness (QED) is 0.797. The van der Waals surface area contributed by atoms with Crippen LogP contribution in [0.1, 0.15) is 38.1 Å². The molecule has 1 aliphatic rings. The summed E-state index contributed by atoms with van der Waals surface area (Å²) in [5, 5.41) is 0. The maximum absolute atomic E-state index is 12.8. The minimum absolute atomic E-state index is 0.0123. The first-order valence-electron chi connectivity index (χ1n) is 7.36. The summed E-state index contributed by atoms with van der Waals surface area (Å²) in [6.45, 7) is 8.52. The zero-order chi connectivity index (χ0) is 15.8. The van der Waals surface area contributed by atoms with Crippen molar-refractivity contribution in [2.75, 3.05) is 13.6 Å². The molecular formula is C17H24N2O2. The average molecular weight is 288 g/mol. The fourth-order valence-electron chi connectivity index (χ4n) is 3.14. The van der Waals surface area contributed by atoms with Gasteiger partial charge in [0.15, 0.2) is 0 Å². The second kappa shape index (κ2) is 5.51. The fraction of sp³-hybridized carbons (Fsp3) is 0.529. The zero-order valence-electron chi connectivity index (χ0n) is 13.5. The third-order valence-corrected chi connectivity index (χ3v) is 3.96. The first-order chi connectivity index (χ1) is 9.73.